The molecule has 1 aliphatic carbocycles. The van der Waals surface area contributed by atoms with Gasteiger partial charge in [-0.05, 0) is 56.1 Å². The monoisotopic (exact) mass is 233 g/mol. The van der Waals surface area contributed by atoms with E-state index in [0.29, 0.717) is 5.92 Å². The number of hydrogen-bond donors (Lipinski definition) is 0. The van der Waals surface area contributed by atoms with Crippen LogP contribution in [0.2, 0.25) is 0 Å². The fraction of sp³-hybridized carbons (Fsp3) is 0.667. The fourth-order valence-electron chi connectivity index (χ4n) is 3.06. The van der Waals surface area contributed by atoms with Gasteiger partial charge in [0.05, 0.1) is 7.11 Å². The van der Waals surface area contributed by atoms with Gasteiger partial charge in [-0.3, -0.25) is 0 Å². The number of hydrogen-bond acceptors (Lipinski definition) is 2. The van der Waals surface area contributed by atoms with E-state index < -0.39 is 0 Å². The van der Waals surface area contributed by atoms with Crippen molar-refractivity contribution in [1.29, 1.82) is 0 Å². The smallest absolute Gasteiger partial charge is 0.216 e. The second-order valence-corrected chi connectivity index (χ2v) is 5.18. The lowest BCUT2D eigenvalue weighted by Crippen LogP contribution is -2.14. The van der Waals surface area contributed by atoms with Crippen molar-refractivity contribution in [3.05, 3.63) is 23.4 Å². The lowest BCUT2D eigenvalue weighted by Gasteiger charge is -2.29. The average molecular weight is 233 g/mol. The molecule has 0 radical (unpaired) electrons. The van der Waals surface area contributed by atoms with Crippen molar-refractivity contribution in [2.24, 2.45) is 5.92 Å². The third-order valence-corrected chi connectivity index (χ3v) is 4.20. The van der Waals surface area contributed by atoms with Gasteiger partial charge in [0.1, 0.15) is 0 Å². The largest absolute Gasteiger partial charge is 0.481 e. The summed E-state index contributed by atoms with van der Waals surface area (Å²) in [6.07, 6.45) is 8.48. The molecule has 1 fully saturated rings. The normalized spacial score (nSPS) is 24.6. The molecule has 17 heavy (non-hydrogen) atoms. The average Bonchev–Trinajstić information content (AvgIpc) is 2.38. The lowest BCUT2D eigenvalue weighted by molar-refractivity contribution is 0.308. The van der Waals surface area contributed by atoms with Crippen molar-refractivity contribution in [3.8, 4) is 5.88 Å². The van der Waals surface area contributed by atoms with Crippen molar-refractivity contribution >= 4 is 0 Å². The number of nitrogens with zero attached hydrogens (tertiary/aromatic N) is 1. The summed E-state index contributed by atoms with van der Waals surface area (Å²) in [6.45, 7) is 4.48. The van der Waals surface area contributed by atoms with Gasteiger partial charge < -0.3 is 4.74 Å². The van der Waals surface area contributed by atoms with Gasteiger partial charge in [-0.25, -0.2) is 4.98 Å². The van der Waals surface area contributed by atoms with E-state index in [2.05, 4.69) is 24.9 Å². The van der Waals surface area contributed by atoms with Gasteiger partial charge in [0, 0.05) is 11.8 Å². The molecule has 2 nitrogen and oxygen atoms in total. The maximum absolute atomic E-state index is 5.42. The Bertz CT molecular complexity index is 367. The topological polar surface area (TPSA) is 22.1 Å². The van der Waals surface area contributed by atoms with Gasteiger partial charge in [-0.15, -0.1) is 0 Å². The van der Waals surface area contributed by atoms with Gasteiger partial charge in [-0.1, -0.05) is 13.3 Å². The summed E-state index contributed by atoms with van der Waals surface area (Å²) in [4.78, 5) is 4.35. The van der Waals surface area contributed by atoms with Gasteiger partial charge in [0.25, 0.3) is 0 Å². The predicted molar refractivity (Wildman–Crippen MR) is 70.5 cm³/mol. The first-order chi connectivity index (χ1) is 8.26. The Labute approximate surface area is 104 Å². The number of ether oxygens (including phenoxy) is 1. The standard InChI is InChI=1S/C15H23NO/c1-4-12-5-7-13(8-6-12)14-11(2)9-10-16-15(14)17-3/h9-10,12-13H,4-8H2,1-3H3. The minimum absolute atomic E-state index is 0.654. The highest BCUT2D eigenvalue weighted by molar-refractivity contribution is 5.37. The van der Waals surface area contributed by atoms with E-state index in [1.807, 2.05) is 6.20 Å². The zero-order chi connectivity index (χ0) is 12.3. The molecule has 1 saturated carbocycles. The van der Waals surface area contributed by atoms with Crippen LogP contribution in [0.4, 0.5) is 0 Å². The van der Waals surface area contributed by atoms with Crippen LogP contribution in [0.15, 0.2) is 12.3 Å². The van der Waals surface area contributed by atoms with E-state index in [0.717, 1.165) is 11.8 Å². The molecule has 2 rings (SSSR count). The molecule has 0 N–H and O–H groups in total. The minimum atomic E-state index is 0.654. The van der Waals surface area contributed by atoms with E-state index in [4.69, 9.17) is 4.74 Å². The molecule has 0 spiro atoms. The van der Waals surface area contributed by atoms with Crippen LogP contribution in [0.1, 0.15) is 56.1 Å². The molecule has 2 heteroatoms. The molecular weight excluding hydrogens is 210 g/mol. The number of aromatic nitrogens is 1. The maximum atomic E-state index is 5.42. The molecule has 1 aromatic heterocycles. The van der Waals surface area contributed by atoms with E-state index in [1.54, 1.807) is 7.11 Å². The SMILES string of the molecule is CCC1CCC(c2c(C)ccnc2OC)CC1. The van der Waals surface area contributed by atoms with Crippen molar-refractivity contribution in [2.75, 3.05) is 7.11 Å². The quantitative estimate of drug-likeness (QED) is 0.784. The number of aryl methyl sites for hydroxylation is 1. The summed E-state index contributed by atoms with van der Waals surface area (Å²) >= 11 is 0. The molecule has 0 aliphatic heterocycles. The van der Waals surface area contributed by atoms with Crippen LogP contribution < -0.4 is 4.74 Å². The molecule has 0 unspecified atom stereocenters. The minimum Gasteiger partial charge on any atom is -0.481 e. The van der Waals surface area contributed by atoms with E-state index >= 15 is 0 Å². The second-order valence-electron chi connectivity index (χ2n) is 5.18. The van der Waals surface area contributed by atoms with Crippen LogP contribution >= 0.6 is 0 Å². The van der Waals surface area contributed by atoms with E-state index in [1.165, 1.54) is 43.2 Å². The highest BCUT2D eigenvalue weighted by Crippen LogP contribution is 2.40. The molecule has 94 valence electrons. The third-order valence-electron chi connectivity index (χ3n) is 4.20. The summed E-state index contributed by atoms with van der Waals surface area (Å²) < 4.78 is 5.42. The summed E-state index contributed by atoms with van der Waals surface area (Å²) in [5.74, 6) is 2.43. The Morgan fingerprint density at radius 2 is 2.00 bits per heavy atom. The summed E-state index contributed by atoms with van der Waals surface area (Å²) in [5, 5.41) is 0. The maximum Gasteiger partial charge on any atom is 0.216 e. The van der Waals surface area contributed by atoms with Gasteiger partial charge in [-0.2, -0.15) is 0 Å². The van der Waals surface area contributed by atoms with Crippen LogP contribution in [-0.4, -0.2) is 12.1 Å². The Kier molecular flexibility index (Phi) is 4.03. The first-order valence-corrected chi connectivity index (χ1v) is 6.75. The highest BCUT2D eigenvalue weighted by Gasteiger charge is 2.25. The van der Waals surface area contributed by atoms with Crippen molar-refractivity contribution in [3.63, 3.8) is 0 Å². The molecule has 0 aromatic carbocycles. The Hall–Kier alpha value is -1.05. The van der Waals surface area contributed by atoms with E-state index in [-0.39, 0.29) is 0 Å². The van der Waals surface area contributed by atoms with E-state index in [9.17, 15) is 0 Å². The first-order valence-electron chi connectivity index (χ1n) is 6.75. The predicted octanol–water partition coefficient (Wildman–Crippen LogP) is 4.08. The summed E-state index contributed by atoms with van der Waals surface area (Å²) in [6, 6.07) is 2.10. The Balaban J connectivity index is 2.17. The summed E-state index contributed by atoms with van der Waals surface area (Å²) in [7, 11) is 1.73. The number of pyridine rings is 1. The van der Waals surface area contributed by atoms with Crippen molar-refractivity contribution in [1.82, 2.24) is 4.98 Å². The third kappa shape index (κ3) is 2.62. The molecule has 1 heterocycles. The van der Waals surface area contributed by atoms with Gasteiger partial charge in [0.15, 0.2) is 0 Å². The summed E-state index contributed by atoms with van der Waals surface area (Å²) in [5.41, 5.74) is 2.68. The van der Waals surface area contributed by atoms with Crippen molar-refractivity contribution < 1.29 is 4.74 Å². The Morgan fingerprint density at radius 3 is 2.59 bits per heavy atom. The fourth-order valence-corrected chi connectivity index (χ4v) is 3.06. The molecule has 0 amide bonds. The molecular formula is C15H23NO. The number of methoxy groups -OCH3 is 1. The first kappa shape index (κ1) is 12.4. The van der Waals surface area contributed by atoms with Crippen LogP contribution in [0.3, 0.4) is 0 Å². The number of rotatable bonds is 3. The molecule has 1 aromatic rings. The molecule has 0 atom stereocenters. The van der Waals surface area contributed by atoms with Crippen molar-refractivity contribution in [2.45, 2.75) is 51.9 Å². The molecule has 0 bridgehead atoms. The lowest BCUT2D eigenvalue weighted by atomic mass is 9.77. The highest BCUT2D eigenvalue weighted by atomic mass is 16.5. The van der Waals surface area contributed by atoms with Crippen LogP contribution in [0.25, 0.3) is 0 Å². The zero-order valence-corrected chi connectivity index (χ0v) is 11.2. The second kappa shape index (κ2) is 5.52. The van der Waals surface area contributed by atoms with Gasteiger partial charge >= 0.3 is 0 Å². The Morgan fingerprint density at radius 1 is 1.29 bits per heavy atom. The zero-order valence-electron chi connectivity index (χ0n) is 11.2. The van der Waals surface area contributed by atoms with Crippen LogP contribution in [-0.2, 0) is 0 Å². The van der Waals surface area contributed by atoms with Crippen LogP contribution in [0, 0.1) is 12.8 Å². The molecule has 1 aliphatic rings. The molecule has 0 saturated heterocycles. The van der Waals surface area contributed by atoms with Gasteiger partial charge in [0.2, 0.25) is 5.88 Å². The van der Waals surface area contributed by atoms with Crippen LogP contribution in [0.5, 0.6) is 5.88 Å².